The van der Waals surface area contributed by atoms with Crippen LogP contribution in [-0.4, -0.2) is 28.1 Å². The first-order chi connectivity index (χ1) is 9.95. The summed E-state index contributed by atoms with van der Waals surface area (Å²) in [5, 5.41) is 11.7. The summed E-state index contributed by atoms with van der Waals surface area (Å²) in [5.41, 5.74) is 2.80. The van der Waals surface area contributed by atoms with E-state index in [0.29, 0.717) is 6.54 Å². The van der Waals surface area contributed by atoms with Crippen molar-refractivity contribution in [3.8, 4) is 0 Å². The zero-order valence-electron chi connectivity index (χ0n) is 12.2. The summed E-state index contributed by atoms with van der Waals surface area (Å²) in [7, 11) is 1.97. The van der Waals surface area contributed by atoms with Gasteiger partial charge in [0.25, 0.3) is 0 Å². The summed E-state index contributed by atoms with van der Waals surface area (Å²) in [6.07, 6.45) is 4.32. The van der Waals surface area contributed by atoms with Gasteiger partial charge in [0.05, 0.1) is 17.2 Å². The fourth-order valence-corrected chi connectivity index (χ4v) is 2.65. The molecule has 0 aliphatic carbocycles. The Morgan fingerprint density at radius 1 is 1.48 bits per heavy atom. The number of carboxylic acid groups (broad SMARTS) is 1. The Balaban J connectivity index is 2.14. The van der Waals surface area contributed by atoms with Gasteiger partial charge in [0.2, 0.25) is 0 Å². The summed E-state index contributed by atoms with van der Waals surface area (Å²) in [6, 6.07) is 1.92. The van der Waals surface area contributed by atoms with Crippen LogP contribution in [-0.2, 0) is 11.3 Å². The minimum absolute atomic E-state index is 0.697. The molecule has 0 unspecified atom stereocenters. The van der Waals surface area contributed by atoms with E-state index < -0.39 is 5.97 Å². The van der Waals surface area contributed by atoms with Crippen molar-refractivity contribution < 1.29 is 9.90 Å². The highest BCUT2D eigenvalue weighted by Gasteiger charge is 2.09. The highest BCUT2D eigenvalue weighted by Crippen LogP contribution is 2.20. The molecule has 2 rings (SSSR count). The molecule has 0 bridgehead atoms. The Labute approximate surface area is 127 Å². The maximum absolute atomic E-state index is 10.5. The minimum atomic E-state index is -0.965. The van der Waals surface area contributed by atoms with Gasteiger partial charge in [0.1, 0.15) is 5.82 Å². The van der Waals surface area contributed by atoms with Crippen LogP contribution in [0.2, 0.25) is 0 Å². The van der Waals surface area contributed by atoms with E-state index in [4.69, 9.17) is 5.11 Å². The molecule has 0 fully saturated rings. The van der Waals surface area contributed by atoms with Crippen molar-refractivity contribution in [2.24, 2.45) is 0 Å². The summed E-state index contributed by atoms with van der Waals surface area (Å²) in [5.74, 6) is -0.0964. The van der Waals surface area contributed by atoms with Crippen molar-refractivity contribution in [2.45, 2.75) is 20.4 Å². The average molecular weight is 303 g/mol. The van der Waals surface area contributed by atoms with Gasteiger partial charge in [0, 0.05) is 24.7 Å². The predicted molar refractivity (Wildman–Crippen MR) is 84.6 cm³/mol. The van der Waals surface area contributed by atoms with Crippen LogP contribution in [0.3, 0.4) is 0 Å². The van der Waals surface area contributed by atoms with Crippen molar-refractivity contribution >= 4 is 29.2 Å². The van der Waals surface area contributed by atoms with Crippen LogP contribution in [0.25, 0.3) is 6.08 Å². The topological polar surface area (TPSA) is 66.3 Å². The fraction of sp³-hybridized carbons (Fsp3) is 0.267. The summed E-state index contributed by atoms with van der Waals surface area (Å²) < 4.78 is 0. The first kappa shape index (κ1) is 15.2. The maximum Gasteiger partial charge on any atom is 0.328 e. The Morgan fingerprint density at radius 2 is 2.24 bits per heavy atom. The lowest BCUT2D eigenvalue weighted by atomic mass is 10.2. The van der Waals surface area contributed by atoms with Gasteiger partial charge in [-0.2, -0.15) is 0 Å². The molecular weight excluding hydrogens is 286 g/mol. The third-order valence-corrected chi connectivity index (χ3v) is 3.74. The van der Waals surface area contributed by atoms with Gasteiger partial charge in [-0.25, -0.2) is 14.8 Å². The monoisotopic (exact) mass is 303 g/mol. The number of carboxylic acids is 1. The largest absolute Gasteiger partial charge is 0.478 e. The SMILES string of the molecule is Cc1nc(CN(C)c2ncc(/C=C/C(=O)O)cc2C)cs1. The molecule has 2 aromatic rings. The first-order valence-electron chi connectivity index (χ1n) is 6.45. The summed E-state index contributed by atoms with van der Waals surface area (Å²) in [4.78, 5) is 21.4. The van der Waals surface area contributed by atoms with Gasteiger partial charge in [-0.1, -0.05) is 0 Å². The molecule has 0 atom stereocenters. The molecule has 2 aromatic heterocycles. The zero-order valence-corrected chi connectivity index (χ0v) is 13.0. The molecule has 0 aliphatic heterocycles. The Morgan fingerprint density at radius 3 is 2.81 bits per heavy atom. The van der Waals surface area contributed by atoms with Crippen LogP contribution in [0.15, 0.2) is 23.7 Å². The highest BCUT2D eigenvalue weighted by molar-refractivity contribution is 7.09. The lowest BCUT2D eigenvalue weighted by Gasteiger charge is -2.19. The van der Waals surface area contributed by atoms with Gasteiger partial charge < -0.3 is 10.0 Å². The lowest BCUT2D eigenvalue weighted by molar-refractivity contribution is -0.131. The Kier molecular flexibility index (Phi) is 4.70. The molecular formula is C15H17N3O2S. The fourth-order valence-electron chi connectivity index (χ4n) is 2.05. The second-order valence-corrected chi connectivity index (χ2v) is 5.86. The number of aromatic nitrogens is 2. The van der Waals surface area contributed by atoms with Crippen LogP contribution in [0.1, 0.15) is 21.8 Å². The molecule has 0 radical (unpaired) electrons. The summed E-state index contributed by atoms with van der Waals surface area (Å²) in [6.45, 7) is 4.65. The number of aliphatic carboxylic acids is 1. The third kappa shape index (κ3) is 4.13. The number of aryl methyl sites for hydroxylation is 2. The standard InChI is InChI=1S/C15H17N3O2S/c1-10-6-12(4-5-14(19)20)7-16-15(10)18(3)8-13-9-21-11(2)17-13/h4-7,9H,8H2,1-3H3,(H,19,20)/b5-4+. The Bertz CT molecular complexity index is 679. The van der Waals surface area contributed by atoms with E-state index in [-0.39, 0.29) is 0 Å². The number of carbonyl (C=O) groups is 1. The lowest BCUT2D eigenvalue weighted by Crippen LogP contribution is -2.19. The minimum Gasteiger partial charge on any atom is -0.478 e. The van der Waals surface area contributed by atoms with Gasteiger partial charge in [-0.15, -0.1) is 11.3 Å². The molecule has 5 nitrogen and oxygen atoms in total. The summed E-state index contributed by atoms with van der Waals surface area (Å²) >= 11 is 1.63. The molecule has 110 valence electrons. The average Bonchev–Trinajstić information content (AvgIpc) is 2.81. The predicted octanol–water partition coefficient (Wildman–Crippen LogP) is 2.89. The molecule has 0 spiro atoms. The second-order valence-electron chi connectivity index (χ2n) is 4.79. The molecule has 0 saturated heterocycles. The molecule has 21 heavy (non-hydrogen) atoms. The van der Waals surface area contributed by atoms with Crippen LogP contribution in [0, 0.1) is 13.8 Å². The number of hydrogen-bond donors (Lipinski definition) is 1. The van der Waals surface area contributed by atoms with E-state index in [1.165, 1.54) is 6.08 Å². The van der Waals surface area contributed by atoms with Crippen LogP contribution in [0.4, 0.5) is 5.82 Å². The van der Waals surface area contributed by atoms with Gasteiger partial charge in [-0.3, -0.25) is 0 Å². The highest BCUT2D eigenvalue weighted by atomic mass is 32.1. The van der Waals surface area contributed by atoms with Crippen LogP contribution >= 0.6 is 11.3 Å². The molecule has 0 aliphatic rings. The van der Waals surface area contributed by atoms with E-state index in [1.807, 2.05) is 37.2 Å². The second kappa shape index (κ2) is 6.49. The van der Waals surface area contributed by atoms with Gasteiger partial charge in [0.15, 0.2) is 0 Å². The number of anilines is 1. The normalized spacial score (nSPS) is 11.0. The van der Waals surface area contributed by atoms with Crippen molar-refractivity contribution in [3.05, 3.63) is 45.5 Å². The smallest absolute Gasteiger partial charge is 0.328 e. The number of hydrogen-bond acceptors (Lipinski definition) is 5. The number of nitrogens with zero attached hydrogens (tertiary/aromatic N) is 3. The molecule has 0 aromatic carbocycles. The maximum atomic E-state index is 10.5. The molecule has 0 amide bonds. The number of pyridine rings is 1. The number of thiazole rings is 1. The zero-order chi connectivity index (χ0) is 15.4. The molecule has 6 heteroatoms. The van der Waals surface area contributed by atoms with E-state index >= 15 is 0 Å². The van der Waals surface area contributed by atoms with Crippen LogP contribution < -0.4 is 4.90 Å². The van der Waals surface area contributed by atoms with Crippen molar-refractivity contribution in [1.82, 2.24) is 9.97 Å². The van der Waals surface area contributed by atoms with E-state index in [9.17, 15) is 4.79 Å². The molecule has 2 heterocycles. The van der Waals surface area contributed by atoms with Crippen molar-refractivity contribution in [2.75, 3.05) is 11.9 Å². The van der Waals surface area contributed by atoms with E-state index in [1.54, 1.807) is 17.5 Å². The first-order valence-corrected chi connectivity index (χ1v) is 7.33. The molecule has 0 saturated carbocycles. The van der Waals surface area contributed by atoms with Gasteiger partial charge >= 0.3 is 5.97 Å². The number of rotatable bonds is 5. The van der Waals surface area contributed by atoms with Crippen molar-refractivity contribution in [3.63, 3.8) is 0 Å². The van der Waals surface area contributed by atoms with Gasteiger partial charge in [-0.05, 0) is 37.1 Å². The quantitative estimate of drug-likeness (QED) is 0.860. The van der Waals surface area contributed by atoms with E-state index in [0.717, 1.165) is 33.7 Å². The van der Waals surface area contributed by atoms with E-state index in [2.05, 4.69) is 9.97 Å². The van der Waals surface area contributed by atoms with Crippen molar-refractivity contribution in [1.29, 1.82) is 0 Å². The van der Waals surface area contributed by atoms with Crippen LogP contribution in [0.5, 0.6) is 0 Å². The third-order valence-electron chi connectivity index (χ3n) is 2.92. The Hall–Kier alpha value is -2.21. The molecule has 1 N–H and O–H groups in total.